The number of benzene rings is 2. The van der Waals surface area contributed by atoms with Crippen molar-refractivity contribution >= 4 is 32.2 Å². The molecular formula is C27H31FN4O4S2. The summed E-state index contributed by atoms with van der Waals surface area (Å²) in [5.41, 5.74) is 2.10. The van der Waals surface area contributed by atoms with Crippen molar-refractivity contribution in [3.8, 4) is 16.2 Å². The minimum atomic E-state index is -3.75. The third-order valence-electron chi connectivity index (χ3n) is 6.97. The molecule has 5 rings (SSSR count). The molecule has 2 N–H and O–H groups in total. The summed E-state index contributed by atoms with van der Waals surface area (Å²) in [7, 11) is -3.75. The second-order valence-corrected chi connectivity index (χ2v) is 12.6. The van der Waals surface area contributed by atoms with E-state index < -0.39 is 20.5 Å². The molecule has 11 heteroatoms. The third kappa shape index (κ3) is 5.55. The molecule has 2 aliphatic rings. The first-order valence-corrected chi connectivity index (χ1v) is 15.4. The highest BCUT2D eigenvalue weighted by Gasteiger charge is 2.27. The molecule has 1 fully saturated rings. The number of carbonyl (C=O) groups is 1. The minimum Gasteiger partial charge on any atom is -0.491 e. The number of ether oxygens (including phenoxy) is 1. The predicted molar refractivity (Wildman–Crippen MR) is 146 cm³/mol. The number of aromatic nitrogens is 1. The molecule has 1 amide bonds. The Morgan fingerprint density at radius 1 is 1.32 bits per heavy atom. The Kier molecular flexibility index (Phi) is 7.69. The van der Waals surface area contributed by atoms with E-state index in [-0.39, 0.29) is 30.0 Å². The van der Waals surface area contributed by atoms with Gasteiger partial charge < -0.3 is 20.3 Å². The van der Waals surface area contributed by atoms with E-state index in [0.29, 0.717) is 24.9 Å². The number of hydrogen-bond donors (Lipinski definition) is 2. The Bertz CT molecular complexity index is 1450. The normalized spacial score (nSPS) is 17.6. The molecule has 0 aliphatic carbocycles. The van der Waals surface area contributed by atoms with Gasteiger partial charge in [0, 0.05) is 48.3 Å². The molecule has 1 atom stereocenters. The molecule has 0 radical (unpaired) electrons. The number of nitrogens with zero attached hydrogens (tertiary/aromatic N) is 2. The van der Waals surface area contributed by atoms with Crippen molar-refractivity contribution in [2.75, 3.05) is 37.8 Å². The van der Waals surface area contributed by atoms with Gasteiger partial charge in [0.25, 0.3) is 5.91 Å². The fraction of sp³-hybridized carbons (Fsp3) is 0.407. The van der Waals surface area contributed by atoms with Crippen molar-refractivity contribution in [3.05, 3.63) is 59.0 Å². The highest BCUT2D eigenvalue weighted by atomic mass is 32.2. The molecule has 1 saturated heterocycles. The second-order valence-electron chi connectivity index (χ2n) is 9.63. The van der Waals surface area contributed by atoms with Crippen LogP contribution >= 0.6 is 11.3 Å². The number of halogens is 1. The minimum absolute atomic E-state index is 0.106. The summed E-state index contributed by atoms with van der Waals surface area (Å²) in [5, 5.41) is 7.75. The lowest BCUT2D eigenvalue weighted by Gasteiger charge is -2.22. The zero-order valence-corrected chi connectivity index (χ0v) is 23.1. The summed E-state index contributed by atoms with van der Waals surface area (Å²) < 4.78 is 44.9. The highest BCUT2D eigenvalue weighted by molar-refractivity contribution is 7.90. The van der Waals surface area contributed by atoms with Gasteiger partial charge in [-0.15, -0.1) is 0 Å². The van der Waals surface area contributed by atoms with E-state index >= 15 is 4.39 Å². The van der Waals surface area contributed by atoms with E-state index in [9.17, 15) is 13.2 Å². The van der Waals surface area contributed by atoms with Crippen molar-refractivity contribution in [2.45, 2.75) is 43.7 Å². The zero-order chi connectivity index (χ0) is 26.9. The van der Waals surface area contributed by atoms with Crippen LogP contribution in [0.3, 0.4) is 0 Å². The van der Waals surface area contributed by atoms with Gasteiger partial charge in [0.15, 0.2) is 15.0 Å². The number of rotatable bonds is 7. The Labute approximate surface area is 226 Å². The number of hydrogen-bond acceptors (Lipinski definition) is 8. The summed E-state index contributed by atoms with van der Waals surface area (Å²) in [6.45, 7) is 4.52. The van der Waals surface area contributed by atoms with Crippen LogP contribution in [0.5, 0.6) is 5.75 Å². The number of fused-ring (bicyclic) bond motifs is 1. The van der Waals surface area contributed by atoms with E-state index in [1.807, 2.05) is 24.4 Å². The van der Waals surface area contributed by atoms with Gasteiger partial charge in [0.05, 0.1) is 11.4 Å². The quantitative estimate of drug-likeness (QED) is 0.450. The monoisotopic (exact) mass is 558 g/mol. The number of nitrogens with one attached hydrogen (secondary N) is 2. The summed E-state index contributed by atoms with van der Waals surface area (Å²) in [6.07, 6.45) is 5.37. The second kappa shape index (κ2) is 11.0. The topological polar surface area (TPSA) is 101 Å². The van der Waals surface area contributed by atoms with E-state index in [2.05, 4.69) is 15.6 Å². The average Bonchev–Trinajstić information content (AvgIpc) is 3.54. The molecule has 1 aromatic heterocycles. The van der Waals surface area contributed by atoms with Crippen LogP contribution in [0.25, 0.3) is 10.4 Å². The maximum Gasteiger partial charge on any atom is 0.254 e. The first kappa shape index (κ1) is 26.6. The molecule has 2 aromatic carbocycles. The summed E-state index contributed by atoms with van der Waals surface area (Å²) in [5.74, 6) is -0.506. The number of anilines is 1. The van der Waals surface area contributed by atoms with Crippen LogP contribution in [0.15, 0.2) is 41.4 Å². The molecule has 38 heavy (non-hydrogen) atoms. The molecule has 3 heterocycles. The van der Waals surface area contributed by atoms with Gasteiger partial charge in [-0.25, -0.2) is 17.8 Å². The molecule has 0 saturated carbocycles. The Balaban J connectivity index is 1.36. The maximum absolute atomic E-state index is 15.1. The largest absolute Gasteiger partial charge is 0.491 e. The van der Waals surface area contributed by atoms with Crippen LogP contribution in [0.4, 0.5) is 9.52 Å². The van der Waals surface area contributed by atoms with Crippen molar-refractivity contribution in [1.29, 1.82) is 0 Å². The lowest BCUT2D eigenvalue weighted by molar-refractivity contribution is 0.0731. The van der Waals surface area contributed by atoms with Crippen LogP contribution in [0, 0.1) is 5.82 Å². The van der Waals surface area contributed by atoms with Crippen LogP contribution in [0.2, 0.25) is 0 Å². The summed E-state index contributed by atoms with van der Waals surface area (Å²) >= 11 is 1.58. The van der Waals surface area contributed by atoms with E-state index in [1.54, 1.807) is 23.2 Å². The standard InChI is InChI=1S/C27H31FN4O4S2/c1-3-20-21(7-9-24(25(20)28)38(2,34)35)26(33)32-11-12-36-22-8-6-17(13-18(22)16-32)23-15-31-27(37-23)30-14-19-5-4-10-29-19/h6-9,13,15,19,29H,3-5,10-12,14,16H2,1-2H3,(H,30,31)/t19-/m0/s1. The first-order chi connectivity index (χ1) is 18.2. The van der Waals surface area contributed by atoms with Gasteiger partial charge in [0.1, 0.15) is 23.1 Å². The lowest BCUT2D eigenvalue weighted by atomic mass is 10.0. The lowest BCUT2D eigenvalue weighted by Crippen LogP contribution is -2.33. The average molecular weight is 559 g/mol. The molecule has 0 bridgehead atoms. The molecule has 0 spiro atoms. The number of thiazole rings is 1. The smallest absolute Gasteiger partial charge is 0.254 e. The van der Waals surface area contributed by atoms with Crippen LogP contribution < -0.4 is 15.4 Å². The predicted octanol–water partition coefficient (Wildman–Crippen LogP) is 4.11. The van der Waals surface area contributed by atoms with Gasteiger partial charge in [0.2, 0.25) is 0 Å². The van der Waals surface area contributed by atoms with Crippen LogP contribution in [-0.2, 0) is 22.8 Å². The Morgan fingerprint density at radius 3 is 2.89 bits per heavy atom. The molecular weight excluding hydrogens is 527 g/mol. The molecule has 3 aromatic rings. The third-order valence-corrected chi connectivity index (χ3v) is 9.09. The summed E-state index contributed by atoms with van der Waals surface area (Å²) in [4.78, 5) is 20.3. The van der Waals surface area contributed by atoms with E-state index in [1.165, 1.54) is 25.0 Å². The molecule has 202 valence electrons. The van der Waals surface area contributed by atoms with Crippen molar-refractivity contribution in [3.63, 3.8) is 0 Å². The van der Waals surface area contributed by atoms with Crippen molar-refractivity contribution < 1.29 is 22.3 Å². The SMILES string of the molecule is CCc1c(C(=O)N2CCOc3ccc(-c4cnc(NC[C@@H]5CCCN5)s4)cc3C2)ccc(S(C)(=O)=O)c1F. The fourth-order valence-corrected chi connectivity index (χ4v) is 6.54. The zero-order valence-electron chi connectivity index (χ0n) is 21.4. The van der Waals surface area contributed by atoms with Gasteiger partial charge in [-0.3, -0.25) is 4.79 Å². The first-order valence-electron chi connectivity index (χ1n) is 12.7. The van der Waals surface area contributed by atoms with Crippen LogP contribution in [-0.4, -0.2) is 62.7 Å². The van der Waals surface area contributed by atoms with Gasteiger partial charge in [-0.1, -0.05) is 18.3 Å². The van der Waals surface area contributed by atoms with Crippen LogP contribution in [0.1, 0.15) is 41.3 Å². The van der Waals surface area contributed by atoms with E-state index in [4.69, 9.17) is 4.74 Å². The number of amides is 1. The maximum atomic E-state index is 15.1. The van der Waals surface area contributed by atoms with Gasteiger partial charge >= 0.3 is 0 Å². The highest BCUT2D eigenvalue weighted by Crippen LogP contribution is 2.34. The molecule has 0 unspecified atom stereocenters. The number of sulfone groups is 1. The van der Waals surface area contributed by atoms with Gasteiger partial charge in [-0.05, 0) is 61.7 Å². The molecule has 2 aliphatic heterocycles. The number of carbonyl (C=O) groups excluding carboxylic acids is 1. The summed E-state index contributed by atoms with van der Waals surface area (Å²) in [6, 6.07) is 8.96. The molecule has 8 nitrogen and oxygen atoms in total. The van der Waals surface area contributed by atoms with E-state index in [0.717, 1.165) is 40.5 Å². The van der Waals surface area contributed by atoms with Crippen molar-refractivity contribution in [2.24, 2.45) is 0 Å². The Morgan fingerprint density at radius 2 is 2.16 bits per heavy atom. The van der Waals surface area contributed by atoms with Gasteiger partial charge in [-0.2, -0.15) is 0 Å². The fourth-order valence-electron chi connectivity index (χ4n) is 4.95. The van der Waals surface area contributed by atoms with Crippen molar-refractivity contribution in [1.82, 2.24) is 15.2 Å². The Hall–Kier alpha value is -3.02.